The molecule has 0 saturated carbocycles. The number of rotatable bonds is 22. The summed E-state index contributed by atoms with van der Waals surface area (Å²) in [6.07, 6.45) is 23.2. The maximum atomic E-state index is 9.75. The maximum absolute atomic E-state index is 9.75. The Hall–Kier alpha value is -1.14. The highest BCUT2D eigenvalue weighted by Gasteiger charge is 2.28. The summed E-state index contributed by atoms with van der Waals surface area (Å²) in [6.45, 7) is 14.8. The molecule has 0 spiro atoms. The van der Waals surface area contributed by atoms with E-state index in [-0.39, 0.29) is 15.9 Å². The predicted octanol–water partition coefficient (Wildman–Crippen LogP) is 11.9. The number of hydrogen-bond donors (Lipinski definition) is 1. The molecule has 4 nitrogen and oxygen atoms in total. The van der Waals surface area contributed by atoms with E-state index in [9.17, 15) is 5.11 Å². The minimum Gasteiger partial charge on any atom is -0.508 e. The standard InChI is InChI=1S/C34H59N3OS2/c1-7-8-9-10-11-12-13-14-15-16-17-18-19-20-21-22-27-37-31(29-23-25-30(38)26-24-29)35-36-32(37)39-40-34(5,6)28-33(2,3)4/h23-26,38H,7-22,27-28H2,1-6H3. The van der Waals surface area contributed by atoms with Crippen molar-refractivity contribution in [1.82, 2.24) is 14.8 Å². The summed E-state index contributed by atoms with van der Waals surface area (Å²) >= 11 is 0. The molecular formula is C34H59N3OS2. The van der Waals surface area contributed by atoms with Crippen molar-refractivity contribution < 1.29 is 5.11 Å². The van der Waals surface area contributed by atoms with E-state index < -0.39 is 0 Å². The molecule has 0 aliphatic heterocycles. The van der Waals surface area contributed by atoms with E-state index in [1.54, 1.807) is 22.9 Å². The first-order valence-electron chi connectivity index (χ1n) is 16.2. The monoisotopic (exact) mass is 589 g/mol. The van der Waals surface area contributed by atoms with E-state index in [1.165, 1.54) is 96.3 Å². The summed E-state index contributed by atoms with van der Waals surface area (Å²) in [5.41, 5.74) is 1.29. The number of phenolic OH excluding ortho intramolecular Hbond substituents is 1. The first-order valence-corrected chi connectivity index (χ1v) is 18.3. The van der Waals surface area contributed by atoms with Gasteiger partial charge in [0.25, 0.3) is 0 Å². The molecule has 228 valence electrons. The number of aromatic nitrogens is 3. The predicted molar refractivity (Wildman–Crippen MR) is 178 cm³/mol. The van der Waals surface area contributed by atoms with Crippen LogP contribution in [-0.2, 0) is 6.54 Å². The van der Waals surface area contributed by atoms with Gasteiger partial charge in [-0.25, -0.2) is 0 Å². The van der Waals surface area contributed by atoms with Crippen molar-refractivity contribution >= 4 is 21.6 Å². The second-order valence-electron chi connectivity index (χ2n) is 13.5. The fourth-order valence-corrected chi connectivity index (χ4v) is 8.23. The molecule has 2 aromatic rings. The third-order valence-electron chi connectivity index (χ3n) is 7.38. The topological polar surface area (TPSA) is 50.9 Å². The second kappa shape index (κ2) is 19.1. The van der Waals surface area contributed by atoms with E-state index in [0.29, 0.717) is 0 Å². The molecule has 0 radical (unpaired) electrons. The molecule has 0 aliphatic carbocycles. The lowest BCUT2D eigenvalue weighted by molar-refractivity contribution is 0.340. The Labute approximate surface area is 254 Å². The molecule has 0 saturated heterocycles. The third kappa shape index (κ3) is 15.2. The number of nitrogens with zero attached hydrogens (tertiary/aromatic N) is 3. The molecule has 0 amide bonds. The van der Waals surface area contributed by atoms with Crippen LogP contribution in [0.5, 0.6) is 5.75 Å². The molecule has 0 aliphatic rings. The lowest BCUT2D eigenvalue weighted by Crippen LogP contribution is -2.22. The minimum atomic E-state index is 0.145. The van der Waals surface area contributed by atoms with Gasteiger partial charge in [-0.2, -0.15) is 0 Å². The fraction of sp³-hybridized carbons (Fsp3) is 0.765. The molecule has 0 atom stereocenters. The van der Waals surface area contributed by atoms with Crippen LogP contribution in [0.25, 0.3) is 11.4 Å². The number of hydrogen-bond acceptors (Lipinski definition) is 5. The van der Waals surface area contributed by atoms with E-state index in [2.05, 4.69) is 56.3 Å². The highest BCUT2D eigenvalue weighted by Crippen LogP contribution is 2.46. The Bertz CT molecular complexity index is 918. The molecule has 6 heteroatoms. The highest BCUT2D eigenvalue weighted by atomic mass is 33.1. The molecule has 0 bridgehead atoms. The molecule has 1 N–H and O–H groups in total. The van der Waals surface area contributed by atoms with Crippen LogP contribution >= 0.6 is 21.6 Å². The number of aromatic hydroxyl groups is 1. The van der Waals surface area contributed by atoms with Gasteiger partial charge in [0.2, 0.25) is 5.16 Å². The van der Waals surface area contributed by atoms with Gasteiger partial charge in [-0.05, 0) is 67.2 Å². The molecule has 1 aromatic heterocycles. The fourth-order valence-electron chi connectivity index (χ4n) is 5.65. The Morgan fingerprint density at radius 2 is 1.15 bits per heavy atom. The average Bonchev–Trinajstić information content (AvgIpc) is 3.29. The van der Waals surface area contributed by atoms with E-state index in [1.807, 2.05) is 22.9 Å². The molecule has 0 fully saturated rings. The lowest BCUT2D eigenvalue weighted by Gasteiger charge is -2.31. The van der Waals surface area contributed by atoms with Gasteiger partial charge in [0, 0.05) is 16.9 Å². The second-order valence-corrected chi connectivity index (χ2v) is 16.3. The van der Waals surface area contributed by atoms with E-state index in [4.69, 9.17) is 0 Å². The molecule has 40 heavy (non-hydrogen) atoms. The van der Waals surface area contributed by atoms with Gasteiger partial charge in [0.1, 0.15) is 5.75 Å². The zero-order valence-electron chi connectivity index (χ0n) is 26.6. The Morgan fingerprint density at radius 1 is 0.675 bits per heavy atom. The van der Waals surface area contributed by atoms with Crippen molar-refractivity contribution in [2.24, 2.45) is 5.41 Å². The van der Waals surface area contributed by atoms with Gasteiger partial charge in [-0.1, -0.05) is 135 Å². The molecule has 0 unspecified atom stereocenters. The zero-order valence-corrected chi connectivity index (χ0v) is 28.3. The first kappa shape index (κ1) is 35.1. The molecule has 1 aromatic carbocycles. The Balaban J connectivity index is 1.72. The van der Waals surface area contributed by atoms with Gasteiger partial charge in [0.15, 0.2) is 5.82 Å². The van der Waals surface area contributed by atoms with Crippen LogP contribution in [0.15, 0.2) is 29.4 Å². The van der Waals surface area contributed by atoms with Crippen molar-refractivity contribution in [2.45, 2.75) is 167 Å². The number of benzene rings is 1. The SMILES string of the molecule is CCCCCCCCCCCCCCCCCCn1c(SSC(C)(C)CC(C)(C)C)nnc1-c1ccc(O)cc1. The summed E-state index contributed by atoms with van der Waals surface area (Å²) in [6, 6.07) is 7.34. The van der Waals surface area contributed by atoms with Crippen LogP contribution in [0.4, 0.5) is 0 Å². The number of unbranched alkanes of at least 4 members (excludes halogenated alkanes) is 15. The molecule has 1 heterocycles. The average molecular weight is 590 g/mol. The largest absolute Gasteiger partial charge is 0.508 e. The van der Waals surface area contributed by atoms with Gasteiger partial charge in [0.05, 0.1) is 0 Å². The summed E-state index contributed by atoms with van der Waals surface area (Å²) in [4.78, 5) is 0. The van der Waals surface area contributed by atoms with Crippen LogP contribution in [-0.4, -0.2) is 24.6 Å². The normalized spacial score (nSPS) is 12.3. The van der Waals surface area contributed by atoms with Crippen LogP contribution in [0, 0.1) is 5.41 Å². The van der Waals surface area contributed by atoms with Crippen molar-refractivity contribution in [3.63, 3.8) is 0 Å². The maximum Gasteiger partial charge on any atom is 0.202 e. The van der Waals surface area contributed by atoms with Crippen LogP contribution in [0.1, 0.15) is 151 Å². The molecular weight excluding hydrogens is 531 g/mol. The molecule has 2 rings (SSSR count). The van der Waals surface area contributed by atoms with Crippen LogP contribution in [0.2, 0.25) is 0 Å². The first-order chi connectivity index (χ1) is 19.1. The van der Waals surface area contributed by atoms with E-state index >= 15 is 0 Å². The van der Waals surface area contributed by atoms with Crippen molar-refractivity contribution in [3.8, 4) is 17.1 Å². The Morgan fingerprint density at radius 3 is 1.62 bits per heavy atom. The van der Waals surface area contributed by atoms with Crippen molar-refractivity contribution in [3.05, 3.63) is 24.3 Å². The van der Waals surface area contributed by atoms with Crippen molar-refractivity contribution in [2.75, 3.05) is 0 Å². The summed E-state index contributed by atoms with van der Waals surface area (Å²) in [5, 5.41) is 19.9. The van der Waals surface area contributed by atoms with Crippen LogP contribution < -0.4 is 0 Å². The van der Waals surface area contributed by atoms with Gasteiger partial charge in [-0.15, -0.1) is 10.2 Å². The lowest BCUT2D eigenvalue weighted by atomic mass is 9.86. The van der Waals surface area contributed by atoms with Gasteiger partial charge in [-0.3, -0.25) is 0 Å². The third-order valence-corrected chi connectivity index (χ3v) is 10.6. The van der Waals surface area contributed by atoms with E-state index in [0.717, 1.165) is 35.9 Å². The minimum absolute atomic E-state index is 0.145. The Kier molecular flexibility index (Phi) is 16.8. The highest BCUT2D eigenvalue weighted by molar-refractivity contribution is 8.77. The van der Waals surface area contributed by atoms with Crippen LogP contribution in [0.3, 0.4) is 0 Å². The summed E-state index contributed by atoms with van der Waals surface area (Å²) < 4.78 is 2.44. The summed E-state index contributed by atoms with van der Waals surface area (Å²) in [5.74, 6) is 1.18. The smallest absolute Gasteiger partial charge is 0.202 e. The summed E-state index contributed by atoms with van der Waals surface area (Å²) in [7, 11) is 3.66. The number of phenols is 1. The van der Waals surface area contributed by atoms with Crippen molar-refractivity contribution in [1.29, 1.82) is 0 Å². The van der Waals surface area contributed by atoms with Gasteiger partial charge >= 0.3 is 0 Å². The zero-order chi connectivity index (χ0) is 29.3. The quantitative estimate of drug-likeness (QED) is 0.109. The van der Waals surface area contributed by atoms with Gasteiger partial charge < -0.3 is 9.67 Å².